The van der Waals surface area contributed by atoms with Crippen LogP contribution in [-0.2, 0) is 7.05 Å². The van der Waals surface area contributed by atoms with Crippen molar-refractivity contribution < 1.29 is 0 Å². The smallest absolute Gasteiger partial charge is 0.141 e. The number of nitrogens with zero attached hydrogens (tertiary/aromatic N) is 5. The van der Waals surface area contributed by atoms with E-state index in [9.17, 15) is 0 Å². The minimum absolute atomic E-state index is 0.828. The van der Waals surface area contributed by atoms with E-state index in [0.717, 1.165) is 33.2 Å². The summed E-state index contributed by atoms with van der Waals surface area (Å²) in [5.41, 5.74) is 3.80. The number of nitrogens with one attached hydrogen (secondary N) is 1. The van der Waals surface area contributed by atoms with Gasteiger partial charge in [-0.1, -0.05) is 0 Å². The summed E-state index contributed by atoms with van der Waals surface area (Å²) in [6, 6.07) is 4.20. The standard InChI is InChI=1S/C17H12N6S/c1-23-8-11(6-22-23)16-15-12(7-19-17(15)21-9-20-16)14-4-10-5-18-3-2-13(10)24-14/h2-9H,1H3,(H,19,20,21). The van der Waals surface area contributed by atoms with Gasteiger partial charge in [0.1, 0.15) is 12.0 Å². The van der Waals surface area contributed by atoms with Crippen LogP contribution >= 0.6 is 11.3 Å². The van der Waals surface area contributed by atoms with Crippen LogP contribution in [0.2, 0.25) is 0 Å². The molecule has 0 bridgehead atoms. The largest absolute Gasteiger partial charge is 0.345 e. The fourth-order valence-corrected chi connectivity index (χ4v) is 3.99. The molecular weight excluding hydrogens is 320 g/mol. The van der Waals surface area contributed by atoms with E-state index in [2.05, 4.69) is 31.1 Å². The number of hydrogen-bond acceptors (Lipinski definition) is 5. The van der Waals surface area contributed by atoms with E-state index in [1.807, 2.05) is 44.1 Å². The fraction of sp³-hybridized carbons (Fsp3) is 0.0588. The Labute approximate surface area is 140 Å². The maximum Gasteiger partial charge on any atom is 0.141 e. The van der Waals surface area contributed by atoms with Crippen LogP contribution in [0.5, 0.6) is 0 Å². The third-order valence-electron chi connectivity index (χ3n) is 4.03. The Morgan fingerprint density at radius 2 is 2.17 bits per heavy atom. The van der Waals surface area contributed by atoms with Crippen LogP contribution < -0.4 is 0 Å². The Morgan fingerprint density at radius 1 is 1.21 bits per heavy atom. The molecule has 7 heteroatoms. The summed E-state index contributed by atoms with van der Waals surface area (Å²) in [5, 5.41) is 6.43. The molecule has 0 aliphatic heterocycles. The summed E-state index contributed by atoms with van der Waals surface area (Å²) in [4.78, 5) is 17.5. The van der Waals surface area contributed by atoms with Gasteiger partial charge in [-0.25, -0.2) is 9.97 Å². The molecule has 0 radical (unpaired) electrons. The Bertz CT molecular complexity index is 1150. The van der Waals surface area contributed by atoms with Crippen molar-refractivity contribution in [3.05, 3.63) is 49.4 Å². The van der Waals surface area contributed by atoms with Crippen LogP contribution in [0.4, 0.5) is 0 Å². The van der Waals surface area contributed by atoms with Crippen LogP contribution in [0.25, 0.3) is 42.8 Å². The lowest BCUT2D eigenvalue weighted by molar-refractivity contribution is 0.768. The summed E-state index contributed by atoms with van der Waals surface area (Å²) >= 11 is 1.74. The summed E-state index contributed by atoms with van der Waals surface area (Å²) < 4.78 is 3.00. The van der Waals surface area contributed by atoms with Crippen LogP contribution in [-0.4, -0.2) is 29.7 Å². The van der Waals surface area contributed by atoms with Crippen LogP contribution in [0.3, 0.4) is 0 Å². The predicted molar refractivity (Wildman–Crippen MR) is 94.7 cm³/mol. The second-order valence-corrected chi connectivity index (χ2v) is 6.66. The molecule has 5 heterocycles. The van der Waals surface area contributed by atoms with Crippen molar-refractivity contribution in [3.8, 4) is 21.7 Å². The number of aromatic amines is 1. The van der Waals surface area contributed by atoms with Crippen LogP contribution in [0.15, 0.2) is 49.4 Å². The molecule has 0 fully saturated rings. The molecule has 5 rings (SSSR count). The average molecular weight is 332 g/mol. The molecule has 0 aliphatic carbocycles. The maximum atomic E-state index is 4.51. The van der Waals surface area contributed by atoms with E-state index in [0.29, 0.717) is 0 Å². The molecular formula is C17H12N6S. The van der Waals surface area contributed by atoms with Crippen molar-refractivity contribution >= 4 is 32.5 Å². The van der Waals surface area contributed by atoms with E-state index < -0.39 is 0 Å². The number of hydrogen-bond donors (Lipinski definition) is 1. The van der Waals surface area contributed by atoms with Gasteiger partial charge in [-0.05, 0) is 12.1 Å². The highest BCUT2D eigenvalue weighted by molar-refractivity contribution is 7.22. The molecule has 116 valence electrons. The van der Waals surface area contributed by atoms with E-state index in [4.69, 9.17) is 0 Å². The van der Waals surface area contributed by atoms with Gasteiger partial charge >= 0.3 is 0 Å². The first kappa shape index (κ1) is 13.4. The van der Waals surface area contributed by atoms with Gasteiger partial charge in [0.25, 0.3) is 0 Å². The zero-order valence-electron chi connectivity index (χ0n) is 12.8. The third-order valence-corrected chi connectivity index (χ3v) is 5.18. The number of H-pyrrole nitrogens is 1. The number of rotatable bonds is 2. The lowest BCUT2D eigenvalue weighted by atomic mass is 10.1. The number of aromatic nitrogens is 6. The van der Waals surface area contributed by atoms with Crippen molar-refractivity contribution in [1.29, 1.82) is 0 Å². The average Bonchev–Trinajstić information content (AvgIpc) is 3.31. The fourth-order valence-electron chi connectivity index (χ4n) is 2.94. The lowest BCUT2D eigenvalue weighted by Crippen LogP contribution is -1.87. The van der Waals surface area contributed by atoms with Crippen molar-refractivity contribution in [2.45, 2.75) is 0 Å². The minimum Gasteiger partial charge on any atom is -0.345 e. The van der Waals surface area contributed by atoms with Gasteiger partial charge in [-0.2, -0.15) is 5.10 Å². The second kappa shape index (κ2) is 4.97. The second-order valence-electron chi connectivity index (χ2n) is 5.58. The van der Waals surface area contributed by atoms with Crippen molar-refractivity contribution in [1.82, 2.24) is 29.7 Å². The number of pyridine rings is 1. The summed E-state index contributed by atoms with van der Waals surface area (Å²) in [7, 11) is 1.90. The zero-order valence-corrected chi connectivity index (χ0v) is 13.6. The van der Waals surface area contributed by atoms with Crippen molar-refractivity contribution in [3.63, 3.8) is 0 Å². The molecule has 1 N–H and O–H groups in total. The molecule has 0 amide bonds. The first-order valence-electron chi connectivity index (χ1n) is 7.44. The zero-order chi connectivity index (χ0) is 16.1. The molecule has 0 atom stereocenters. The quantitative estimate of drug-likeness (QED) is 0.536. The third kappa shape index (κ3) is 1.95. The molecule has 0 saturated heterocycles. The maximum absolute atomic E-state index is 4.51. The van der Waals surface area contributed by atoms with Gasteiger partial charge in [0, 0.05) is 57.9 Å². The Hall–Kier alpha value is -3.06. The van der Waals surface area contributed by atoms with E-state index >= 15 is 0 Å². The molecule has 0 aliphatic rings. The van der Waals surface area contributed by atoms with Gasteiger partial charge in [-0.3, -0.25) is 9.67 Å². The van der Waals surface area contributed by atoms with E-state index in [1.54, 1.807) is 22.3 Å². The van der Waals surface area contributed by atoms with E-state index in [-0.39, 0.29) is 0 Å². The molecule has 5 aromatic heterocycles. The molecule has 0 spiro atoms. The predicted octanol–water partition coefficient (Wildman–Crippen LogP) is 3.64. The first-order chi connectivity index (χ1) is 11.8. The summed E-state index contributed by atoms with van der Waals surface area (Å²) in [6.45, 7) is 0. The lowest BCUT2D eigenvalue weighted by Gasteiger charge is -2.01. The van der Waals surface area contributed by atoms with Crippen molar-refractivity contribution in [2.24, 2.45) is 7.05 Å². The van der Waals surface area contributed by atoms with Gasteiger partial charge in [0.15, 0.2) is 0 Å². The van der Waals surface area contributed by atoms with Gasteiger partial charge in [-0.15, -0.1) is 11.3 Å². The molecule has 0 saturated carbocycles. The van der Waals surface area contributed by atoms with Crippen LogP contribution in [0, 0.1) is 0 Å². The number of aryl methyl sites for hydroxylation is 1. The monoisotopic (exact) mass is 332 g/mol. The highest BCUT2D eigenvalue weighted by atomic mass is 32.1. The highest BCUT2D eigenvalue weighted by Gasteiger charge is 2.16. The highest BCUT2D eigenvalue weighted by Crippen LogP contribution is 2.39. The topological polar surface area (TPSA) is 72.3 Å². The molecule has 0 aromatic carbocycles. The SMILES string of the molecule is Cn1cc(-c2ncnc3[nH]cc(-c4cc5cnccc5s4)c23)cn1. The molecule has 0 unspecified atom stereocenters. The minimum atomic E-state index is 0.828. The van der Waals surface area contributed by atoms with Gasteiger partial charge in [0.05, 0.1) is 17.3 Å². The molecule has 6 nitrogen and oxygen atoms in total. The Balaban J connectivity index is 1.80. The number of fused-ring (bicyclic) bond motifs is 2. The number of thiophene rings is 1. The van der Waals surface area contributed by atoms with E-state index in [1.165, 1.54) is 9.58 Å². The normalized spacial score (nSPS) is 11.5. The summed E-state index contributed by atoms with van der Waals surface area (Å²) in [6.07, 6.45) is 11.1. The van der Waals surface area contributed by atoms with Gasteiger partial charge in [0.2, 0.25) is 0 Å². The van der Waals surface area contributed by atoms with Crippen molar-refractivity contribution in [2.75, 3.05) is 0 Å². The molecule has 24 heavy (non-hydrogen) atoms. The van der Waals surface area contributed by atoms with Crippen LogP contribution in [0.1, 0.15) is 0 Å². The summed E-state index contributed by atoms with van der Waals surface area (Å²) in [5.74, 6) is 0. The first-order valence-corrected chi connectivity index (χ1v) is 8.26. The molecule has 5 aromatic rings. The Kier molecular flexibility index (Phi) is 2.77. The van der Waals surface area contributed by atoms with Gasteiger partial charge < -0.3 is 4.98 Å². The Morgan fingerprint density at radius 3 is 3.00 bits per heavy atom.